The molecule has 2 aromatic heterocycles. The van der Waals surface area contributed by atoms with Crippen molar-refractivity contribution in [2.24, 2.45) is 5.92 Å². The lowest BCUT2D eigenvalue weighted by molar-refractivity contribution is 0.143. The van der Waals surface area contributed by atoms with Crippen LogP contribution >= 0.6 is 0 Å². The molecular formula is C22H29N5O3. The summed E-state index contributed by atoms with van der Waals surface area (Å²) in [5, 5.41) is 16.0. The molecule has 1 fully saturated rings. The molecule has 8 nitrogen and oxygen atoms in total. The van der Waals surface area contributed by atoms with Crippen LogP contribution in [0.1, 0.15) is 43.0 Å². The summed E-state index contributed by atoms with van der Waals surface area (Å²) in [6, 6.07) is 8.01. The van der Waals surface area contributed by atoms with Gasteiger partial charge >= 0.3 is 0 Å². The molecule has 0 amide bonds. The largest absolute Gasteiger partial charge is 0.497 e. The average Bonchev–Trinajstić information content (AvgIpc) is 3.48. The molecule has 1 aliphatic heterocycles. The molecule has 4 rings (SSSR count). The second kappa shape index (κ2) is 8.97. The van der Waals surface area contributed by atoms with E-state index >= 15 is 0 Å². The third-order valence-corrected chi connectivity index (χ3v) is 5.63. The van der Waals surface area contributed by atoms with E-state index in [0.717, 1.165) is 42.2 Å². The minimum Gasteiger partial charge on any atom is -0.497 e. The average molecular weight is 412 g/mol. The maximum Gasteiger partial charge on any atom is 0.221 e. The summed E-state index contributed by atoms with van der Waals surface area (Å²) in [5.41, 5.74) is 3.22. The third-order valence-electron chi connectivity index (χ3n) is 5.63. The zero-order valence-corrected chi connectivity index (χ0v) is 18.0. The van der Waals surface area contributed by atoms with Crippen LogP contribution < -0.4 is 4.74 Å². The maximum atomic E-state index is 5.97. The Morgan fingerprint density at radius 1 is 1.23 bits per heavy atom. The summed E-state index contributed by atoms with van der Waals surface area (Å²) in [4.78, 5) is 2.40. The van der Waals surface area contributed by atoms with Gasteiger partial charge in [0, 0.05) is 49.7 Å². The Morgan fingerprint density at radius 3 is 2.83 bits per heavy atom. The molecule has 1 aromatic carbocycles. The molecule has 160 valence electrons. The molecule has 0 unspecified atom stereocenters. The molecule has 2 atom stereocenters. The summed E-state index contributed by atoms with van der Waals surface area (Å²) in [7, 11) is 3.42. The van der Waals surface area contributed by atoms with Crippen LogP contribution in [0.2, 0.25) is 0 Å². The van der Waals surface area contributed by atoms with Gasteiger partial charge in [0.15, 0.2) is 0 Å². The van der Waals surface area contributed by atoms with Crippen LogP contribution in [-0.2, 0) is 11.3 Å². The van der Waals surface area contributed by atoms with E-state index in [9.17, 15) is 0 Å². The van der Waals surface area contributed by atoms with Crippen molar-refractivity contribution in [1.29, 1.82) is 0 Å². The Morgan fingerprint density at radius 2 is 2.10 bits per heavy atom. The van der Waals surface area contributed by atoms with Crippen LogP contribution in [0.25, 0.3) is 11.3 Å². The lowest BCUT2D eigenvalue weighted by Crippen LogP contribution is -2.21. The van der Waals surface area contributed by atoms with Gasteiger partial charge in [-0.2, -0.15) is 5.10 Å². The highest BCUT2D eigenvalue weighted by Gasteiger charge is 2.37. The maximum absolute atomic E-state index is 5.97. The van der Waals surface area contributed by atoms with Crippen molar-refractivity contribution >= 4 is 0 Å². The Bertz CT molecular complexity index is 967. The first-order valence-electron chi connectivity index (χ1n) is 10.3. The van der Waals surface area contributed by atoms with Gasteiger partial charge in [0.25, 0.3) is 0 Å². The highest BCUT2D eigenvalue weighted by molar-refractivity contribution is 5.64. The van der Waals surface area contributed by atoms with Crippen LogP contribution in [0.4, 0.5) is 0 Å². The number of hydrogen-bond donors (Lipinski definition) is 1. The fourth-order valence-electron chi connectivity index (χ4n) is 4.08. The normalized spacial score (nSPS) is 19.6. The first-order valence-corrected chi connectivity index (χ1v) is 10.3. The lowest BCUT2D eigenvalue weighted by atomic mass is 9.97. The summed E-state index contributed by atoms with van der Waals surface area (Å²) in [5.74, 6) is 2.92. The predicted octanol–water partition coefficient (Wildman–Crippen LogP) is 3.45. The van der Waals surface area contributed by atoms with Gasteiger partial charge in [-0.05, 0) is 12.1 Å². The minimum absolute atomic E-state index is 0.164. The number of aromatic nitrogens is 4. The van der Waals surface area contributed by atoms with Crippen LogP contribution in [0.15, 0.2) is 34.9 Å². The number of H-pyrrole nitrogens is 1. The molecule has 0 saturated carbocycles. The Hall–Kier alpha value is -2.71. The van der Waals surface area contributed by atoms with Gasteiger partial charge in [-0.1, -0.05) is 26.0 Å². The highest BCUT2D eigenvalue weighted by Crippen LogP contribution is 2.35. The van der Waals surface area contributed by atoms with E-state index in [1.807, 2.05) is 24.4 Å². The molecule has 0 spiro atoms. The molecule has 1 saturated heterocycles. The Balaban J connectivity index is 1.52. The van der Waals surface area contributed by atoms with Crippen molar-refractivity contribution in [2.45, 2.75) is 32.2 Å². The zero-order chi connectivity index (χ0) is 21.1. The molecule has 3 aromatic rings. The van der Waals surface area contributed by atoms with E-state index in [2.05, 4.69) is 45.2 Å². The van der Waals surface area contributed by atoms with Gasteiger partial charge in [0.05, 0.1) is 31.5 Å². The van der Waals surface area contributed by atoms with E-state index in [-0.39, 0.29) is 11.8 Å². The lowest BCUT2D eigenvalue weighted by Gasteiger charge is -2.16. The van der Waals surface area contributed by atoms with Gasteiger partial charge < -0.3 is 13.9 Å². The third kappa shape index (κ3) is 4.24. The first kappa shape index (κ1) is 20.6. The molecule has 1 aliphatic rings. The Labute approximate surface area is 176 Å². The van der Waals surface area contributed by atoms with E-state index in [1.165, 1.54) is 0 Å². The molecular weight excluding hydrogens is 382 g/mol. The fraction of sp³-hybridized carbons (Fsp3) is 0.500. The number of ether oxygens (including phenoxy) is 2. The van der Waals surface area contributed by atoms with Gasteiger partial charge in [-0.3, -0.25) is 10.00 Å². The summed E-state index contributed by atoms with van der Waals surface area (Å²) in [6.45, 7) is 7.31. The molecule has 0 bridgehead atoms. The minimum atomic E-state index is 0.164. The quantitative estimate of drug-likeness (QED) is 0.607. The van der Waals surface area contributed by atoms with E-state index < -0.39 is 0 Å². The van der Waals surface area contributed by atoms with Crippen molar-refractivity contribution in [3.05, 3.63) is 47.8 Å². The van der Waals surface area contributed by atoms with Crippen LogP contribution in [0, 0.1) is 5.92 Å². The molecule has 0 radical (unpaired) electrons. The molecule has 8 heteroatoms. The van der Waals surface area contributed by atoms with Crippen molar-refractivity contribution in [2.75, 3.05) is 33.9 Å². The van der Waals surface area contributed by atoms with Crippen molar-refractivity contribution in [3.63, 3.8) is 0 Å². The second-order valence-electron chi connectivity index (χ2n) is 8.15. The summed E-state index contributed by atoms with van der Waals surface area (Å²) < 4.78 is 16.8. The smallest absolute Gasteiger partial charge is 0.221 e. The SMILES string of the molecule is COC[C@@H]1CN(Cc2cn[nH]c2-c2cccc(OC)c2)C[C@H]1c1nnc(C(C)C)o1. The highest BCUT2D eigenvalue weighted by atomic mass is 16.5. The van der Waals surface area contributed by atoms with Gasteiger partial charge in [-0.15, -0.1) is 10.2 Å². The van der Waals surface area contributed by atoms with E-state index in [1.54, 1.807) is 14.2 Å². The molecule has 1 N–H and O–H groups in total. The van der Waals surface area contributed by atoms with Gasteiger partial charge in [0.1, 0.15) is 5.75 Å². The zero-order valence-electron chi connectivity index (χ0n) is 18.0. The van der Waals surface area contributed by atoms with Gasteiger partial charge in [0.2, 0.25) is 11.8 Å². The Kier molecular flexibility index (Phi) is 6.15. The van der Waals surface area contributed by atoms with Crippen LogP contribution in [0.5, 0.6) is 5.75 Å². The number of rotatable bonds is 8. The van der Waals surface area contributed by atoms with Crippen LogP contribution in [-0.4, -0.2) is 59.2 Å². The topological polar surface area (TPSA) is 89.3 Å². The number of nitrogens with one attached hydrogen (secondary N) is 1. The second-order valence-corrected chi connectivity index (χ2v) is 8.15. The molecule has 30 heavy (non-hydrogen) atoms. The van der Waals surface area contributed by atoms with Crippen LogP contribution in [0.3, 0.4) is 0 Å². The number of hydrogen-bond acceptors (Lipinski definition) is 7. The van der Waals surface area contributed by atoms with E-state index in [0.29, 0.717) is 24.3 Å². The first-order chi connectivity index (χ1) is 14.6. The standard InChI is InChI=1S/C22H29N5O3/c1-14(2)21-25-26-22(30-21)19-12-27(11-17(19)13-28-3)10-16-9-23-24-20(16)15-6-5-7-18(8-15)29-4/h5-9,14,17,19H,10-13H2,1-4H3,(H,23,24)/t17-,19+/m0/s1. The molecule has 3 heterocycles. The number of nitrogens with zero attached hydrogens (tertiary/aromatic N) is 4. The summed E-state index contributed by atoms with van der Waals surface area (Å²) in [6.07, 6.45) is 1.90. The molecule has 0 aliphatic carbocycles. The fourth-order valence-corrected chi connectivity index (χ4v) is 4.08. The number of benzene rings is 1. The number of methoxy groups -OCH3 is 2. The van der Waals surface area contributed by atoms with Crippen molar-refractivity contribution < 1.29 is 13.9 Å². The monoisotopic (exact) mass is 411 g/mol. The summed E-state index contributed by atoms with van der Waals surface area (Å²) >= 11 is 0. The number of likely N-dealkylation sites (tertiary alicyclic amines) is 1. The number of aromatic amines is 1. The van der Waals surface area contributed by atoms with Crippen molar-refractivity contribution in [1.82, 2.24) is 25.3 Å². The van der Waals surface area contributed by atoms with E-state index in [4.69, 9.17) is 13.9 Å². The van der Waals surface area contributed by atoms with Gasteiger partial charge in [-0.25, -0.2) is 0 Å². The van der Waals surface area contributed by atoms with Crippen molar-refractivity contribution in [3.8, 4) is 17.0 Å². The predicted molar refractivity (Wildman–Crippen MR) is 112 cm³/mol.